The van der Waals surface area contributed by atoms with Gasteiger partial charge in [-0.3, -0.25) is 0 Å². The lowest BCUT2D eigenvalue weighted by molar-refractivity contribution is 0.464. The predicted octanol–water partition coefficient (Wildman–Crippen LogP) is 7.80. The first-order valence-corrected chi connectivity index (χ1v) is 19.5. The van der Waals surface area contributed by atoms with Gasteiger partial charge in [0, 0.05) is 22.6 Å². The van der Waals surface area contributed by atoms with Gasteiger partial charge >= 0.3 is 0 Å². The Hall–Kier alpha value is -9.09. The third kappa shape index (κ3) is 5.88. The topological polar surface area (TPSA) is 119 Å². The largest absolute Gasteiger partial charge is 0.458 e. The van der Waals surface area contributed by atoms with Crippen molar-refractivity contribution >= 4 is 57.7 Å². The van der Waals surface area contributed by atoms with Gasteiger partial charge in [0.25, 0.3) is 19.2 Å². The van der Waals surface area contributed by atoms with Crippen molar-refractivity contribution in [3.8, 4) is 80.5 Å². The van der Waals surface area contributed by atoms with E-state index in [1.54, 1.807) is 18.2 Å². The molecule has 10 nitrogen and oxygen atoms in total. The highest BCUT2D eigenvalue weighted by Crippen LogP contribution is 2.40. The molecule has 0 amide bonds. The fourth-order valence-electron chi connectivity index (χ4n) is 8.69. The molecule has 0 fully saturated rings. The van der Waals surface area contributed by atoms with Crippen LogP contribution < -0.4 is 51.7 Å². The van der Waals surface area contributed by atoms with Gasteiger partial charge < -0.3 is 23.8 Å². The van der Waals surface area contributed by atoms with E-state index in [-0.39, 0.29) is 30.6 Å². The zero-order valence-electron chi connectivity index (χ0n) is 32.3. The van der Waals surface area contributed by atoms with E-state index in [2.05, 4.69) is 43.9 Å². The molecule has 0 atom stereocenters. The number of benzene rings is 6. The second-order valence-electron chi connectivity index (χ2n) is 14.8. The third-order valence-corrected chi connectivity index (χ3v) is 11.3. The number of hydrogen-bond donors (Lipinski definition) is 0. The van der Waals surface area contributed by atoms with Crippen LogP contribution in [0.1, 0.15) is 11.4 Å². The first-order valence-electron chi connectivity index (χ1n) is 19.5. The van der Waals surface area contributed by atoms with E-state index in [9.17, 15) is 10.5 Å². The molecule has 284 valence electrons. The van der Waals surface area contributed by atoms with Gasteiger partial charge in [-0.2, -0.15) is 10.5 Å². The maximum Gasteiger partial charge on any atom is 0.271 e. The van der Waals surface area contributed by atoms with E-state index in [0.29, 0.717) is 34.4 Å². The Morgan fingerprint density at radius 2 is 0.839 bits per heavy atom. The summed E-state index contributed by atoms with van der Waals surface area (Å²) in [5.41, 5.74) is 9.91. The number of ether oxygens (including phenoxy) is 4. The molecule has 4 aliphatic heterocycles. The first kappa shape index (κ1) is 36.0. The number of pyridine rings is 2. The Kier molecular flexibility index (Phi) is 8.32. The molecule has 4 aliphatic rings. The molecule has 0 bridgehead atoms. The van der Waals surface area contributed by atoms with Crippen LogP contribution in [0.3, 0.4) is 0 Å². The molecule has 0 aliphatic carbocycles. The van der Waals surface area contributed by atoms with Crippen molar-refractivity contribution in [1.29, 1.82) is 10.5 Å². The van der Waals surface area contributed by atoms with Crippen LogP contribution in [0.5, 0.6) is 46.0 Å². The van der Waals surface area contributed by atoms with Crippen molar-refractivity contribution in [2.75, 3.05) is 0 Å². The van der Waals surface area contributed by atoms with Crippen LogP contribution in [-0.4, -0.2) is 23.4 Å². The quantitative estimate of drug-likeness (QED) is 0.129. The van der Waals surface area contributed by atoms with Crippen molar-refractivity contribution in [3.05, 3.63) is 180 Å². The molecular weight excluding hydrogens is 770 g/mol. The van der Waals surface area contributed by atoms with Crippen LogP contribution in [0, 0.1) is 35.8 Å². The average Bonchev–Trinajstić information content (AvgIpc) is 3.33. The fraction of sp³-hybridized carbons (Fsp3) is 0. The molecule has 0 saturated carbocycles. The molecule has 2 aromatic heterocycles. The molecular formula is C50H24B2N6O4. The van der Waals surface area contributed by atoms with Crippen LogP contribution in [0.4, 0.5) is 11.5 Å². The van der Waals surface area contributed by atoms with Gasteiger partial charge in [0.05, 0.1) is 12.3 Å². The minimum atomic E-state index is 0.00570. The lowest BCUT2D eigenvalue weighted by atomic mass is 9.35. The molecule has 0 unspecified atom stereocenters. The van der Waals surface area contributed by atoms with Crippen molar-refractivity contribution < 1.29 is 18.9 Å². The molecule has 6 aromatic carbocycles. The van der Waals surface area contributed by atoms with Gasteiger partial charge in [0.15, 0.2) is 5.69 Å². The monoisotopic (exact) mass is 794 g/mol. The second kappa shape index (κ2) is 14.3. The predicted molar refractivity (Wildman–Crippen MR) is 237 cm³/mol. The van der Waals surface area contributed by atoms with Crippen LogP contribution >= 0.6 is 0 Å². The molecule has 12 rings (SSSR count). The van der Waals surface area contributed by atoms with Crippen molar-refractivity contribution in [2.45, 2.75) is 0 Å². The van der Waals surface area contributed by atoms with E-state index < -0.39 is 0 Å². The lowest BCUT2D eigenvalue weighted by Gasteiger charge is -2.33. The Morgan fingerprint density at radius 3 is 1.26 bits per heavy atom. The number of nitrogens with zero attached hydrogens (tertiary/aromatic N) is 6. The molecule has 62 heavy (non-hydrogen) atoms. The molecule has 0 N–H and O–H groups in total. The second-order valence-corrected chi connectivity index (χ2v) is 14.8. The van der Waals surface area contributed by atoms with Gasteiger partial charge in [-0.15, -0.1) is 4.98 Å². The highest BCUT2D eigenvalue weighted by Gasteiger charge is 2.41. The van der Waals surface area contributed by atoms with Crippen molar-refractivity contribution in [3.63, 3.8) is 0 Å². The minimum Gasteiger partial charge on any atom is -0.458 e. The molecule has 0 radical (unpaired) electrons. The summed E-state index contributed by atoms with van der Waals surface area (Å²) in [7, 11) is 0. The van der Waals surface area contributed by atoms with E-state index in [0.717, 1.165) is 72.5 Å². The Labute approximate surface area is 356 Å². The normalized spacial score (nSPS) is 12.3. The van der Waals surface area contributed by atoms with Crippen LogP contribution in [0.2, 0.25) is 0 Å². The van der Waals surface area contributed by atoms with Crippen LogP contribution in [-0.2, 0) is 0 Å². The summed E-state index contributed by atoms with van der Waals surface area (Å²) in [6.45, 7) is 14.7. The number of hydrogen-bond acceptors (Lipinski definition) is 8. The summed E-state index contributed by atoms with van der Waals surface area (Å²) in [6, 6.07) is 50.4. The van der Waals surface area contributed by atoms with E-state index in [1.165, 1.54) is 6.07 Å². The van der Waals surface area contributed by atoms with E-state index >= 15 is 0 Å². The zero-order valence-corrected chi connectivity index (χ0v) is 32.3. The number of aromatic nitrogens is 2. The highest BCUT2D eigenvalue weighted by atomic mass is 16.5. The van der Waals surface area contributed by atoms with Crippen molar-refractivity contribution in [2.24, 2.45) is 0 Å². The minimum absolute atomic E-state index is 0.00570. The average molecular weight is 794 g/mol. The van der Waals surface area contributed by atoms with Gasteiger partial charge in [0.1, 0.15) is 63.8 Å². The van der Waals surface area contributed by atoms with E-state index in [1.807, 2.05) is 109 Å². The summed E-state index contributed by atoms with van der Waals surface area (Å²) in [5, 5.41) is 18.6. The molecule has 12 heteroatoms. The fourth-order valence-corrected chi connectivity index (χ4v) is 8.69. The lowest BCUT2D eigenvalue weighted by Crippen LogP contribution is -2.57. The summed E-state index contributed by atoms with van der Waals surface area (Å²) in [4.78, 5) is 15.3. The number of para-hydroxylation sites is 4. The summed E-state index contributed by atoms with van der Waals surface area (Å²) in [6.07, 6.45) is 0. The SMILES string of the molecule is [C-]#[N+]c1cc(-c2cc3c4c(c2)Oc2ccccc2B4c2ccccc2O3)cc(C#N)n1.[C-]#[N+]c1cc(C#N)nc(-c2cc3c4c(c2)Oc2ccccc2B4c2ccccc2O3)c1. The Morgan fingerprint density at radius 1 is 0.435 bits per heavy atom. The van der Waals surface area contributed by atoms with Gasteiger partial charge in [-0.25, -0.2) is 9.83 Å². The van der Waals surface area contributed by atoms with Crippen molar-refractivity contribution in [1.82, 2.24) is 9.97 Å². The maximum absolute atomic E-state index is 9.32. The third-order valence-electron chi connectivity index (χ3n) is 11.3. The van der Waals surface area contributed by atoms with Crippen LogP contribution in [0.25, 0.3) is 32.1 Å². The molecule has 6 heterocycles. The zero-order chi connectivity index (χ0) is 41.9. The van der Waals surface area contributed by atoms with Crippen LogP contribution in [0.15, 0.2) is 146 Å². The van der Waals surface area contributed by atoms with E-state index in [4.69, 9.17) is 32.1 Å². The molecule has 8 aromatic rings. The number of fused-ring (bicyclic) bond motifs is 8. The molecule has 0 saturated heterocycles. The molecule has 0 spiro atoms. The standard InChI is InChI=1S/2C25H12BN3O2/c1-28-24-13-15(10-17(14-27)29-24)16-11-22-25-23(12-16)31-21-9-5-3-7-19(21)26(25)18-6-2-4-8-20(18)30-22;1-28-16-12-17(14-27)29-20(13-16)15-10-23-25-24(11-15)31-22-9-5-3-7-19(22)26(25)18-6-2-4-8-21(18)30-23/h2*2-13H. The summed E-state index contributed by atoms with van der Waals surface area (Å²) >= 11 is 0. The van der Waals surface area contributed by atoms with Gasteiger partial charge in [-0.1, -0.05) is 79.4 Å². The summed E-state index contributed by atoms with van der Waals surface area (Å²) in [5.74, 6) is 6.23. The maximum atomic E-state index is 9.32. The number of nitriles is 2. The first-order chi connectivity index (χ1) is 30.5. The number of rotatable bonds is 2. The summed E-state index contributed by atoms with van der Waals surface area (Å²) < 4.78 is 25.1. The Bertz CT molecular complexity index is 2990. The Balaban J connectivity index is 0.000000139. The highest BCUT2D eigenvalue weighted by molar-refractivity contribution is 6.99. The van der Waals surface area contributed by atoms with Gasteiger partial charge in [-0.05, 0) is 99.7 Å². The van der Waals surface area contributed by atoms with Gasteiger partial charge in [0.2, 0.25) is 5.69 Å². The smallest absolute Gasteiger partial charge is 0.271 e.